The zero-order valence-corrected chi connectivity index (χ0v) is 12.4. The summed E-state index contributed by atoms with van der Waals surface area (Å²) in [6.07, 6.45) is 6.32. The maximum atomic E-state index is 13.4. The lowest BCUT2D eigenvalue weighted by Gasteiger charge is -2.25. The molecule has 0 radical (unpaired) electrons. The normalized spacial score (nSPS) is 25.2. The van der Waals surface area contributed by atoms with Crippen LogP contribution < -0.4 is 10.2 Å². The third-order valence-electron chi connectivity index (χ3n) is 4.93. The van der Waals surface area contributed by atoms with E-state index in [1.54, 1.807) is 12.1 Å². The van der Waals surface area contributed by atoms with Crippen LogP contribution in [0.4, 0.5) is 10.1 Å². The maximum absolute atomic E-state index is 13.4. The van der Waals surface area contributed by atoms with Gasteiger partial charge in [-0.05, 0) is 55.8 Å². The van der Waals surface area contributed by atoms with Gasteiger partial charge < -0.3 is 10.2 Å². The van der Waals surface area contributed by atoms with Crippen LogP contribution in [-0.2, 0) is 6.42 Å². The lowest BCUT2D eigenvalue weighted by Crippen LogP contribution is -2.34. The van der Waals surface area contributed by atoms with Crippen molar-refractivity contribution >= 4 is 5.69 Å². The smallest absolute Gasteiger partial charge is 0.125 e. The highest BCUT2D eigenvalue weighted by atomic mass is 19.1. The monoisotopic (exact) mass is 276 g/mol. The number of halogens is 1. The lowest BCUT2D eigenvalue weighted by molar-refractivity contribution is 0.387. The highest BCUT2D eigenvalue weighted by Gasteiger charge is 2.27. The zero-order valence-electron chi connectivity index (χ0n) is 12.4. The van der Waals surface area contributed by atoms with Crippen molar-refractivity contribution in [2.45, 2.75) is 45.1 Å². The minimum Gasteiger partial charge on any atom is -0.371 e. The van der Waals surface area contributed by atoms with E-state index >= 15 is 0 Å². The lowest BCUT2D eigenvalue weighted by atomic mass is 9.99. The summed E-state index contributed by atoms with van der Waals surface area (Å²) < 4.78 is 13.4. The molecule has 110 valence electrons. The Balaban J connectivity index is 1.59. The molecule has 0 saturated heterocycles. The van der Waals surface area contributed by atoms with Crippen molar-refractivity contribution in [3.63, 3.8) is 0 Å². The van der Waals surface area contributed by atoms with Gasteiger partial charge in [0.2, 0.25) is 0 Å². The quantitative estimate of drug-likeness (QED) is 0.887. The van der Waals surface area contributed by atoms with Gasteiger partial charge in [-0.3, -0.25) is 0 Å². The molecule has 1 saturated carbocycles. The van der Waals surface area contributed by atoms with Gasteiger partial charge in [0, 0.05) is 24.8 Å². The van der Waals surface area contributed by atoms with Gasteiger partial charge in [0.05, 0.1) is 0 Å². The Hall–Kier alpha value is -1.09. The van der Waals surface area contributed by atoms with Crippen molar-refractivity contribution in [1.82, 2.24) is 5.32 Å². The van der Waals surface area contributed by atoms with Crippen molar-refractivity contribution in [3.05, 3.63) is 29.6 Å². The SMILES string of the molecule is CCNC1CCCC1CCN1CCc2ccc(F)cc21. The second-order valence-corrected chi connectivity index (χ2v) is 6.15. The number of nitrogens with one attached hydrogen (secondary N) is 1. The van der Waals surface area contributed by atoms with Crippen LogP contribution in [0, 0.1) is 11.7 Å². The van der Waals surface area contributed by atoms with Gasteiger partial charge in [-0.1, -0.05) is 19.4 Å². The molecule has 3 heteroatoms. The van der Waals surface area contributed by atoms with Crippen LogP contribution in [0.3, 0.4) is 0 Å². The first-order valence-electron chi connectivity index (χ1n) is 8.04. The molecule has 1 N–H and O–H groups in total. The molecule has 1 aliphatic carbocycles. The van der Waals surface area contributed by atoms with Crippen molar-refractivity contribution in [2.24, 2.45) is 5.92 Å². The number of nitrogens with zero attached hydrogens (tertiary/aromatic N) is 1. The van der Waals surface area contributed by atoms with Gasteiger partial charge in [0.15, 0.2) is 0 Å². The van der Waals surface area contributed by atoms with Crippen molar-refractivity contribution < 1.29 is 4.39 Å². The van der Waals surface area contributed by atoms with Gasteiger partial charge >= 0.3 is 0 Å². The molecular weight excluding hydrogens is 251 g/mol. The van der Waals surface area contributed by atoms with Gasteiger partial charge in [-0.2, -0.15) is 0 Å². The van der Waals surface area contributed by atoms with E-state index in [0.717, 1.165) is 37.7 Å². The molecule has 1 aliphatic heterocycles. The first kappa shape index (κ1) is 13.9. The average Bonchev–Trinajstić information content (AvgIpc) is 3.03. The van der Waals surface area contributed by atoms with Gasteiger partial charge in [-0.15, -0.1) is 0 Å². The average molecular weight is 276 g/mol. The Morgan fingerprint density at radius 2 is 2.25 bits per heavy atom. The Morgan fingerprint density at radius 1 is 1.35 bits per heavy atom. The maximum Gasteiger partial charge on any atom is 0.125 e. The molecule has 0 spiro atoms. The predicted octanol–water partition coefficient (Wildman–Crippen LogP) is 3.36. The summed E-state index contributed by atoms with van der Waals surface area (Å²) in [6, 6.07) is 5.94. The molecule has 1 aromatic carbocycles. The third kappa shape index (κ3) is 2.83. The van der Waals surface area contributed by atoms with Crippen LogP contribution in [0.2, 0.25) is 0 Å². The minimum atomic E-state index is -0.109. The summed E-state index contributed by atoms with van der Waals surface area (Å²) in [7, 11) is 0. The highest BCUT2D eigenvalue weighted by Crippen LogP contribution is 2.32. The summed E-state index contributed by atoms with van der Waals surface area (Å²) in [5, 5.41) is 3.62. The molecule has 2 unspecified atom stereocenters. The van der Waals surface area contributed by atoms with Crippen molar-refractivity contribution in [2.75, 3.05) is 24.5 Å². The van der Waals surface area contributed by atoms with Gasteiger partial charge in [0.1, 0.15) is 5.82 Å². The molecule has 1 heterocycles. The number of hydrogen-bond acceptors (Lipinski definition) is 2. The fourth-order valence-corrected chi connectivity index (χ4v) is 3.89. The second kappa shape index (κ2) is 6.13. The van der Waals surface area contributed by atoms with Gasteiger partial charge in [-0.25, -0.2) is 4.39 Å². The molecule has 3 rings (SSSR count). The van der Waals surface area contributed by atoms with E-state index in [9.17, 15) is 4.39 Å². The summed E-state index contributed by atoms with van der Waals surface area (Å²) in [6.45, 7) is 5.38. The van der Waals surface area contributed by atoms with Gasteiger partial charge in [0.25, 0.3) is 0 Å². The van der Waals surface area contributed by atoms with Crippen LogP contribution in [0.1, 0.15) is 38.2 Å². The molecular formula is C17H25FN2. The summed E-state index contributed by atoms with van der Waals surface area (Å²) in [4.78, 5) is 2.37. The fraction of sp³-hybridized carbons (Fsp3) is 0.647. The van der Waals surface area contributed by atoms with Crippen LogP contribution in [0.5, 0.6) is 0 Å². The number of rotatable bonds is 5. The third-order valence-corrected chi connectivity index (χ3v) is 4.93. The van der Waals surface area contributed by atoms with E-state index in [1.807, 2.05) is 6.07 Å². The molecule has 1 aromatic rings. The van der Waals surface area contributed by atoms with Crippen LogP contribution >= 0.6 is 0 Å². The van der Waals surface area contributed by atoms with E-state index in [2.05, 4.69) is 17.1 Å². The second-order valence-electron chi connectivity index (χ2n) is 6.15. The molecule has 0 bridgehead atoms. The summed E-state index contributed by atoms with van der Waals surface area (Å²) in [5.74, 6) is 0.689. The first-order valence-corrected chi connectivity index (χ1v) is 8.04. The largest absolute Gasteiger partial charge is 0.371 e. The van der Waals surface area contributed by atoms with Crippen molar-refractivity contribution in [3.8, 4) is 0 Å². The Morgan fingerprint density at radius 3 is 3.10 bits per heavy atom. The Bertz CT molecular complexity index is 460. The predicted molar refractivity (Wildman–Crippen MR) is 81.7 cm³/mol. The van der Waals surface area contributed by atoms with Crippen LogP contribution in [0.25, 0.3) is 0 Å². The zero-order chi connectivity index (χ0) is 13.9. The van der Waals surface area contributed by atoms with Crippen molar-refractivity contribution in [1.29, 1.82) is 0 Å². The molecule has 2 atom stereocenters. The Kier molecular flexibility index (Phi) is 4.25. The Labute approximate surface area is 121 Å². The summed E-state index contributed by atoms with van der Waals surface area (Å²) in [5.41, 5.74) is 2.43. The first-order chi connectivity index (χ1) is 9.78. The highest BCUT2D eigenvalue weighted by molar-refractivity contribution is 5.58. The molecule has 2 aliphatic rings. The fourth-order valence-electron chi connectivity index (χ4n) is 3.89. The number of anilines is 1. The molecule has 1 fully saturated rings. The van der Waals surface area contributed by atoms with Crippen LogP contribution in [-0.4, -0.2) is 25.7 Å². The molecule has 0 aromatic heterocycles. The van der Waals surface area contributed by atoms with E-state index in [0.29, 0.717) is 6.04 Å². The minimum absolute atomic E-state index is 0.109. The van der Waals surface area contributed by atoms with Crippen LogP contribution in [0.15, 0.2) is 18.2 Å². The summed E-state index contributed by atoms with van der Waals surface area (Å²) >= 11 is 0. The molecule has 20 heavy (non-hydrogen) atoms. The number of benzene rings is 1. The number of fused-ring (bicyclic) bond motifs is 1. The van der Waals surface area contributed by atoms with E-state index < -0.39 is 0 Å². The van der Waals surface area contributed by atoms with E-state index in [4.69, 9.17) is 0 Å². The topological polar surface area (TPSA) is 15.3 Å². The van der Waals surface area contributed by atoms with E-state index in [1.165, 1.54) is 31.2 Å². The standard InChI is InChI=1S/C17H25FN2/c1-2-19-16-5-3-4-13(16)8-10-20-11-9-14-6-7-15(18)12-17(14)20/h6-7,12-13,16,19H,2-5,8-11H2,1H3. The van der Waals surface area contributed by atoms with E-state index in [-0.39, 0.29) is 5.82 Å². The molecule has 0 amide bonds. The number of hydrogen-bond donors (Lipinski definition) is 1. The molecule has 2 nitrogen and oxygen atoms in total.